The standard InChI is InChI=1S/C19H20N2O4.C4H8N2O3/c1-22-16-6-5-12(8-15(16)21)7-14(11-20)13-9-17(23-2)19(25-4)18(10-13)24-3;5-2(4(6)9)1-3(7)8/h5-10H,21H2,1-4H3;2H,1,5H2,(H2,6,9)(H,7,8)/b14-7-;/t;2-/m.1/s1. The average Bonchev–Trinajstić information content (AvgIpc) is 2.81. The number of allylic oxidation sites excluding steroid dienone is 1. The van der Waals surface area contributed by atoms with E-state index < -0.39 is 24.3 Å². The number of anilines is 1. The van der Waals surface area contributed by atoms with E-state index in [0.717, 1.165) is 5.56 Å². The minimum absolute atomic E-state index is 0.407. The molecule has 11 heteroatoms. The molecule has 0 aliphatic heterocycles. The number of primary amides is 1. The number of rotatable bonds is 9. The van der Waals surface area contributed by atoms with Gasteiger partial charge in [0.1, 0.15) is 5.75 Å². The van der Waals surface area contributed by atoms with Gasteiger partial charge in [-0.25, -0.2) is 0 Å². The number of carbonyl (C=O) groups excluding carboxylic acids is 1. The zero-order chi connectivity index (χ0) is 25.8. The first-order valence-electron chi connectivity index (χ1n) is 9.74. The molecule has 2 aromatic carbocycles. The third-order valence-electron chi connectivity index (χ3n) is 4.42. The topological polar surface area (TPSA) is 193 Å². The lowest BCUT2D eigenvalue weighted by Gasteiger charge is -2.14. The van der Waals surface area contributed by atoms with E-state index in [9.17, 15) is 14.9 Å². The summed E-state index contributed by atoms with van der Waals surface area (Å²) in [6.07, 6.45) is 1.33. The van der Waals surface area contributed by atoms with Gasteiger partial charge in [0.05, 0.1) is 58.2 Å². The molecule has 0 heterocycles. The van der Waals surface area contributed by atoms with Crippen molar-refractivity contribution in [2.75, 3.05) is 34.2 Å². The SMILES string of the molecule is COc1ccc(/C=C(/C#N)c2cc(OC)c(OC)c(OC)c2)cc1N.NC(=O)[C@H](N)CC(=O)O. The van der Waals surface area contributed by atoms with Crippen LogP contribution < -0.4 is 36.1 Å². The van der Waals surface area contributed by atoms with Crippen molar-refractivity contribution in [3.05, 3.63) is 41.5 Å². The Balaban J connectivity index is 0.000000546. The van der Waals surface area contributed by atoms with Crippen molar-refractivity contribution < 1.29 is 33.6 Å². The zero-order valence-corrected chi connectivity index (χ0v) is 19.3. The number of nitriles is 1. The van der Waals surface area contributed by atoms with Crippen molar-refractivity contribution in [3.8, 4) is 29.1 Å². The van der Waals surface area contributed by atoms with Gasteiger partial charge in [-0.2, -0.15) is 5.26 Å². The first-order valence-corrected chi connectivity index (χ1v) is 9.74. The van der Waals surface area contributed by atoms with Crippen molar-refractivity contribution in [1.29, 1.82) is 5.26 Å². The number of aliphatic carboxylic acids is 1. The summed E-state index contributed by atoms with van der Waals surface area (Å²) in [7, 11) is 6.14. The van der Waals surface area contributed by atoms with Crippen LogP contribution in [0.2, 0.25) is 0 Å². The van der Waals surface area contributed by atoms with E-state index in [-0.39, 0.29) is 0 Å². The Morgan fingerprint density at radius 2 is 1.59 bits per heavy atom. The molecule has 0 bridgehead atoms. The molecule has 7 N–H and O–H groups in total. The molecule has 2 rings (SSSR count). The molecule has 0 aliphatic rings. The minimum Gasteiger partial charge on any atom is -0.495 e. The van der Waals surface area contributed by atoms with Gasteiger partial charge in [0.2, 0.25) is 11.7 Å². The number of nitrogen functional groups attached to an aromatic ring is 1. The Bertz CT molecular complexity index is 1070. The fourth-order valence-electron chi connectivity index (χ4n) is 2.71. The predicted molar refractivity (Wildman–Crippen MR) is 126 cm³/mol. The van der Waals surface area contributed by atoms with E-state index in [4.69, 9.17) is 35.5 Å². The van der Waals surface area contributed by atoms with Crippen LogP contribution in [0.3, 0.4) is 0 Å². The molecule has 0 fully saturated rings. The number of hydrogen-bond donors (Lipinski definition) is 4. The lowest BCUT2D eigenvalue weighted by atomic mass is 10.0. The van der Waals surface area contributed by atoms with Crippen LogP contribution in [0.25, 0.3) is 11.6 Å². The first-order chi connectivity index (χ1) is 16.1. The number of nitrogens with two attached hydrogens (primary N) is 3. The van der Waals surface area contributed by atoms with Gasteiger partial charge in [0.15, 0.2) is 11.5 Å². The van der Waals surface area contributed by atoms with E-state index in [1.807, 2.05) is 6.07 Å². The fraction of sp³-hybridized carbons (Fsp3) is 0.261. The van der Waals surface area contributed by atoms with E-state index in [1.165, 1.54) is 21.3 Å². The second kappa shape index (κ2) is 13.2. The molecule has 0 saturated carbocycles. The van der Waals surface area contributed by atoms with Crippen molar-refractivity contribution in [1.82, 2.24) is 0 Å². The van der Waals surface area contributed by atoms with E-state index >= 15 is 0 Å². The second-order valence-electron chi connectivity index (χ2n) is 6.69. The van der Waals surface area contributed by atoms with Gasteiger partial charge in [0.25, 0.3) is 0 Å². The van der Waals surface area contributed by atoms with Crippen molar-refractivity contribution in [2.45, 2.75) is 12.5 Å². The Hall–Kier alpha value is -4.43. The van der Waals surface area contributed by atoms with Crippen molar-refractivity contribution in [2.24, 2.45) is 11.5 Å². The zero-order valence-electron chi connectivity index (χ0n) is 19.3. The molecule has 0 spiro atoms. The Morgan fingerprint density at radius 3 is 1.94 bits per heavy atom. The van der Waals surface area contributed by atoms with Gasteiger partial charge in [0, 0.05) is 0 Å². The van der Waals surface area contributed by atoms with Gasteiger partial charge < -0.3 is 41.3 Å². The number of hydrogen-bond acceptors (Lipinski definition) is 9. The smallest absolute Gasteiger partial charge is 0.305 e. The number of amides is 1. The van der Waals surface area contributed by atoms with Crippen molar-refractivity contribution >= 4 is 29.2 Å². The second-order valence-corrected chi connectivity index (χ2v) is 6.69. The molecule has 34 heavy (non-hydrogen) atoms. The van der Waals surface area contributed by atoms with E-state index in [2.05, 4.69) is 11.8 Å². The number of nitrogens with zero attached hydrogens (tertiary/aromatic N) is 1. The maximum Gasteiger partial charge on any atom is 0.305 e. The summed E-state index contributed by atoms with van der Waals surface area (Å²) in [6, 6.07) is 9.90. The number of methoxy groups -OCH3 is 4. The number of carboxylic acid groups (broad SMARTS) is 1. The Morgan fingerprint density at radius 1 is 1.03 bits per heavy atom. The van der Waals surface area contributed by atoms with Crippen LogP contribution in [0.15, 0.2) is 30.3 Å². The lowest BCUT2D eigenvalue weighted by Crippen LogP contribution is -2.38. The minimum atomic E-state index is -1.12. The van der Waals surface area contributed by atoms with Crippen LogP contribution >= 0.6 is 0 Å². The van der Waals surface area contributed by atoms with Crippen LogP contribution in [0, 0.1) is 11.3 Å². The van der Waals surface area contributed by atoms with Gasteiger partial charge in [-0.1, -0.05) is 6.07 Å². The van der Waals surface area contributed by atoms with Crippen LogP contribution in [-0.2, 0) is 9.59 Å². The summed E-state index contributed by atoms with van der Waals surface area (Å²) >= 11 is 0. The molecule has 2 aromatic rings. The number of carbonyl (C=O) groups is 2. The predicted octanol–water partition coefficient (Wildman–Crippen LogP) is 1.64. The molecule has 0 unspecified atom stereocenters. The quantitative estimate of drug-likeness (QED) is 0.237. The molecule has 0 aliphatic carbocycles. The maximum atomic E-state index is 10.1. The Labute approximate surface area is 197 Å². The summed E-state index contributed by atoms with van der Waals surface area (Å²) in [5, 5.41) is 17.6. The highest BCUT2D eigenvalue weighted by Crippen LogP contribution is 2.40. The molecule has 11 nitrogen and oxygen atoms in total. The molecule has 0 saturated heterocycles. The summed E-state index contributed by atoms with van der Waals surface area (Å²) in [6.45, 7) is 0. The maximum absolute atomic E-state index is 10.1. The summed E-state index contributed by atoms with van der Waals surface area (Å²) in [4.78, 5) is 19.9. The molecule has 1 amide bonds. The molecule has 0 aromatic heterocycles. The molecular formula is C23H28N4O7. The average molecular weight is 472 g/mol. The van der Waals surface area contributed by atoms with Crippen LogP contribution in [0.5, 0.6) is 23.0 Å². The third kappa shape index (κ3) is 7.61. The van der Waals surface area contributed by atoms with Gasteiger partial charge in [-0.15, -0.1) is 0 Å². The first kappa shape index (κ1) is 27.6. The highest BCUT2D eigenvalue weighted by Gasteiger charge is 2.15. The number of carboxylic acids is 1. The van der Waals surface area contributed by atoms with E-state index in [1.54, 1.807) is 37.5 Å². The Kier molecular flexibility index (Phi) is 10.7. The van der Waals surface area contributed by atoms with Gasteiger partial charge in [-0.3, -0.25) is 9.59 Å². The summed E-state index contributed by atoms with van der Waals surface area (Å²) in [5.74, 6) is 0.0985. The normalized spacial score (nSPS) is 11.2. The summed E-state index contributed by atoms with van der Waals surface area (Å²) in [5.41, 5.74) is 17.9. The third-order valence-corrected chi connectivity index (χ3v) is 4.42. The summed E-state index contributed by atoms with van der Waals surface area (Å²) < 4.78 is 21.1. The van der Waals surface area contributed by atoms with Crippen LogP contribution in [-0.4, -0.2) is 51.5 Å². The molecule has 182 valence electrons. The molecule has 0 radical (unpaired) electrons. The highest BCUT2D eigenvalue weighted by molar-refractivity contribution is 5.91. The van der Waals surface area contributed by atoms with Crippen LogP contribution in [0.4, 0.5) is 5.69 Å². The fourth-order valence-corrected chi connectivity index (χ4v) is 2.71. The van der Waals surface area contributed by atoms with E-state index in [0.29, 0.717) is 39.8 Å². The monoisotopic (exact) mass is 472 g/mol. The van der Waals surface area contributed by atoms with Gasteiger partial charge in [-0.05, 0) is 41.5 Å². The lowest BCUT2D eigenvalue weighted by molar-refractivity contribution is -0.139. The van der Waals surface area contributed by atoms with Gasteiger partial charge >= 0.3 is 5.97 Å². The van der Waals surface area contributed by atoms with Crippen molar-refractivity contribution in [3.63, 3.8) is 0 Å². The highest BCUT2D eigenvalue weighted by atomic mass is 16.5. The number of benzene rings is 2. The van der Waals surface area contributed by atoms with Crippen LogP contribution in [0.1, 0.15) is 17.5 Å². The molecule has 1 atom stereocenters. The molecular weight excluding hydrogens is 444 g/mol. The number of ether oxygens (including phenoxy) is 4. The largest absolute Gasteiger partial charge is 0.495 e.